The van der Waals surface area contributed by atoms with Crippen LogP contribution in [0.5, 0.6) is 0 Å². The van der Waals surface area contributed by atoms with Crippen LogP contribution < -0.4 is 5.32 Å². The lowest BCUT2D eigenvalue weighted by Gasteiger charge is -2.07. The van der Waals surface area contributed by atoms with Gasteiger partial charge >= 0.3 is 0 Å². The Hall–Kier alpha value is -2.80. The van der Waals surface area contributed by atoms with Crippen molar-refractivity contribution in [1.82, 2.24) is 24.5 Å². The third kappa shape index (κ3) is 2.43. The molecule has 4 rings (SSSR count). The fourth-order valence-electron chi connectivity index (χ4n) is 2.78. The maximum absolute atomic E-state index is 4.50. The van der Waals surface area contributed by atoms with Gasteiger partial charge in [0.2, 0.25) is 0 Å². The van der Waals surface area contributed by atoms with Crippen LogP contribution in [0.15, 0.2) is 42.4 Å². The number of aryl methyl sites for hydroxylation is 1. The molecule has 6 nitrogen and oxygen atoms in total. The minimum Gasteiger partial charge on any atom is -0.365 e. The normalized spacial score (nSPS) is 11.1. The first kappa shape index (κ1) is 14.8. The Labute approximate surface area is 143 Å². The molecule has 0 aliphatic carbocycles. The number of anilines is 1. The summed E-state index contributed by atoms with van der Waals surface area (Å²) in [6.07, 6.45) is 7.03. The number of hydrogen-bond acceptors (Lipinski definition) is 6. The van der Waals surface area contributed by atoms with E-state index in [1.54, 1.807) is 23.9 Å². The van der Waals surface area contributed by atoms with Crippen LogP contribution >= 0.6 is 11.3 Å². The molecule has 0 bridgehead atoms. The first-order valence-corrected chi connectivity index (χ1v) is 8.49. The molecule has 4 heterocycles. The van der Waals surface area contributed by atoms with Crippen molar-refractivity contribution >= 4 is 28.2 Å². The van der Waals surface area contributed by atoms with Crippen molar-refractivity contribution in [2.45, 2.75) is 20.4 Å². The van der Waals surface area contributed by atoms with Gasteiger partial charge in [-0.15, -0.1) is 11.3 Å². The molecule has 0 saturated heterocycles. The van der Waals surface area contributed by atoms with Crippen molar-refractivity contribution in [2.24, 2.45) is 0 Å². The van der Waals surface area contributed by atoms with Crippen LogP contribution in [0.4, 0.5) is 5.82 Å². The molecule has 0 aromatic carbocycles. The average Bonchev–Trinajstić information content (AvgIpc) is 3.22. The van der Waals surface area contributed by atoms with Crippen molar-refractivity contribution in [3.63, 3.8) is 0 Å². The smallest absolute Gasteiger partial charge is 0.195 e. The summed E-state index contributed by atoms with van der Waals surface area (Å²) >= 11 is 1.60. The van der Waals surface area contributed by atoms with Crippen LogP contribution in [-0.4, -0.2) is 24.5 Å². The lowest BCUT2D eigenvalue weighted by Crippen LogP contribution is -2.03. The number of fused-ring (bicyclic) bond motifs is 1. The first-order chi connectivity index (χ1) is 11.8. The molecule has 7 heteroatoms. The predicted octanol–water partition coefficient (Wildman–Crippen LogP) is 3.50. The van der Waals surface area contributed by atoms with Gasteiger partial charge in [0.05, 0.1) is 5.39 Å². The lowest BCUT2D eigenvalue weighted by atomic mass is 10.2. The number of pyridine rings is 1. The largest absolute Gasteiger partial charge is 0.365 e. The van der Waals surface area contributed by atoms with Gasteiger partial charge in [0.15, 0.2) is 10.8 Å². The molecule has 0 atom stereocenters. The molecule has 0 radical (unpaired) electrons. The Kier molecular flexibility index (Phi) is 3.70. The molecular weight excluding hydrogens is 320 g/mol. The molecule has 120 valence electrons. The van der Waals surface area contributed by atoms with E-state index in [1.807, 2.05) is 29.9 Å². The van der Waals surface area contributed by atoms with Crippen molar-refractivity contribution in [1.29, 1.82) is 0 Å². The van der Waals surface area contributed by atoms with Gasteiger partial charge in [-0.1, -0.05) is 6.07 Å². The summed E-state index contributed by atoms with van der Waals surface area (Å²) in [5.74, 6) is 0.833. The molecule has 0 amide bonds. The summed E-state index contributed by atoms with van der Waals surface area (Å²) in [4.78, 5) is 17.5. The van der Waals surface area contributed by atoms with Crippen LogP contribution in [0.2, 0.25) is 0 Å². The van der Waals surface area contributed by atoms with E-state index < -0.39 is 0 Å². The second kappa shape index (κ2) is 6.01. The fourth-order valence-corrected chi connectivity index (χ4v) is 3.48. The number of hydrogen-bond donors (Lipinski definition) is 1. The molecule has 0 aliphatic heterocycles. The average molecular weight is 336 g/mol. The molecule has 0 fully saturated rings. The molecule has 1 N–H and O–H groups in total. The van der Waals surface area contributed by atoms with Gasteiger partial charge in [-0.05, 0) is 31.0 Å². The fraction of sp³-hybridized carbons (Fsp3) is 0.176. The molecule has 4 aromatic heterocycles. The van der Waals surface area contributed by atoms with Crippen LogP contribution in [0, 0.1) is 13.8 Å². The summed E-state index contributed by atoms with van der Waals surface area (Å²) in [5.41, 5.74) is 4.28. The standard InChI is InChI=1S/C17H16N6S/c1-11-12(2)23(17-19-6-7-24-17)16-14(11)15(21-10-22-16)20-9-13-4-3-5-18-8-13/h3-8,10H,9H2,1-2H3,(H,20,21,22). The van der Waals surface area contributed by atoms with Gasteiger partial charge in [0, 0.05) is 36.2 Å². The Morgan fingerprint density at radius 2 is 2.08 bits per heavy atom. The maximum Gasteiger partial charge on any atom is 0.195 e. The number of aromatic nitrogens is 5. The van der Waals surface area contributed by atoms with E-state index in [2.05, 4.69) is 43.7 Å². The summed E-state index contributed by atoms with van der Waals surface area (Å²) in [6, 6.07) is 3.97. The Bertz CT molecular complexity index is 975. The minimum absolute atomic E-state index is 0.668. The zero-order valence-corrected chi connectivity index (χ0v) is 14.2. The van der Waals surface area contributed by atoms with Crippen molar-refractivity contribution in [3.05, 3.63) is 59.3 Å². The van der Waals surface area contributed by atoms with Gasteiger partial charge in [0.1, 0.15) is 12.1 Å². The summed E-state index contributed by atoms with van der Waals surface area (Å²) in [7, 11) is 0. The molecule has 0 saturated carbocycles. The molecule has 0 spiro atoms. The SMILES string of the molecule is Cc1c(C)n(-c2nccs2)c2ncnc(NCc3cccnc3)c12. The third-order valence-corrected chi connectivity index (χ3v) is 4.84. The van der Waals surface area contributed by atoms with E-state index >= 15 is 0 Å². The molecule has 24 heavy (non-hydrogen) atoms. The van der Waals surface area contributed by atoms with Crippen LogP contribution in [0.3, 0.4) is 0 Å². The molecule has 0 unspecified atom stereocenters. The zero-order valence-electron chi connectivity index (χ0n) is 13.4. The highest BCUT2D eigenvalue weighted by Crippen LogP contribution is 2.31. The third-order valence-electron chi connectivity index (χ3n) is 4.09. The topological polar surface area (TPSA) is 68.5 Å². The van der Waals surface area contributed by atoms with E-state index in [0.29, 0.717) is 6.54 Å². The molecule has 4 aromatic rings. The Balaban J connectivity index is 1.79. The Morgan fingerprint density at radius 1 is 1.17 bits per heavy atom. The number of nitrogens with zero attached hydrogens (tertiary/aromatic N) is 5. The van der Waals surface area contributed by atoms with E-state index in [0.717, 1.165) is 38.8 Å². The lowest BCUT2D eigenvalue weighted by molar-refractivity contribution is 0.994. The number of nitrogens with one attached hydrogen (secondary N) is 1. The van der Waals surface area contributed by atoms with Gasteiger partial charge in [0.25, 0.3) is 0 Å². The van der Waals surface area contributed by atoms with Crippen LogP contribution in [0.1, 0.15) is 16.8 Å². The first-order valence-electron chi connectivity index (χ1n) is 7.61. The monoisotopic (exact) mass is 336 g/mol. The van der Waals surface area contributed by atoms with Crippen molar-refractivity contribution in [2.75, 3.05) is 5.32 Å². The highest BCUT2D eigenvalue weighted by molar-refractivity contribution is 7.12. The number of thiazole rings is 1. The highest BCUT2D eigenvalue weighted by atomic mass is 32.1. The van der Waals surface area contributed by atoms with Gasteiger partial charge in [-0.25, -0.2) is 15.0 Å². The van der Waals surface area contributed by atoms with Crippen molar-refractivity contribution < 1.29 is 0 Å². The minimum atomic E-state index is 0.668. The zero-order chi connectivity index (χ0) is 16.5. The van der Waals surface area contributed by atoms with Gasteiger partial charge in [-0.3, -0.25) is 9.55 Å². The van der Waals surface area contributed by atoms with Crippen LogP contribution in [0.25, 0.3) is 16.2 Å². The molecule has 0 aliphatic rings. The van der Waals surface area contributed by atoms with E-state index in [9.17, 15) is 0 Å². The van der Waals surface area contributed by atoms with Gasteiger partial charge < -0.3 is 5.32 Å². The second-order valence-corrected chi connectivity index (χ2v) is 6.37. The Morgan fingerprint density at radius 3 is 2.83 bits per heavy atom. The van der Waals surface area contributed by atoms with Crippen molar-refractivity contribution in [3.8, 4) is 5.13 Å². The van der Waals surface area contributed by atoms with E-state index in [1.165, 1.54) is 0 Å². The second-order valence-electron chi connectivity index (χ2n) is 5.50. The van der Waals surface area contributed by atoms with Crippen LogP contribution in [-0.2, 0) is 6.54 Å². The quantitative estimate of drug-likeness (QED) is 0.618. The summed E-state index contributed by atoms with van der Waals surface area (Å²) in [6.45, 7) is 4.85. The highest BCUT2D eigenvalue weighted by Gasteiger charge is 2.18. The summed E-state index contributed by atoms with van der Waals surface area (Å²) in [5, 5.41) is 7.34. The number of rotatable bonds is 4. The van der Waals surface area contributed by atoms with E-state index in [4.69, 9.17) is 0 Å². The van der Waals surface area contributed by atoms with E-state index in [-0.39, 0.29) is 0 Å². The predicted molar refractivity (Wildman–Crippen MR) is 95.6 cm³/mol. The van der Waals surface area contributed by atoms with Gasteiger partial charge in [-0.2, -0.15) is 0 Å². The summed E-state index contributed by atoms with van der Waals surface area (Å²) < 4.78 is 2.09. The maximum atomic E-state index is 4.50. The molecular formula is C17H16N6S.